The number of aromatic nitrogens is 1. The molecule has 5 heteroatoms. The smallest absolute Gasteiger partial charge is 0.265 e. The molecule has 2 aromatic rings. The minimum atomic E-state index is 0.0929. The number of likely N-dealkylation sites (N-methyl/N-ethyl adjacent to an activating group) is 2. The third-order valence-corrected chi connectivity index (χ3v) is 5.44. The van der Waals surface area contributed by atoms with E-state index in [-0.39, 0.29) is 5.91 Å². The van der Waals surface area contributed by atoms with Gasteiger partial charge in [-0.05, 0) is 34.4 Å². The van der Waals surface area contributed by atoms with Crippen molar-refractivity contribution in [3.05, 3.63) is 40.4 Å². The fourth-order valence-electron chi connectivity index (χ4n) is 2.41. The number of aryl methyl sites for hydroxylation is 2. The molecule has 1 amide bonds. The molecule has 0 unspecified atom stereocenters. The Balaban J connectivity index is 2.18. The Morgan fingerprint density at radius 1 is 1.08 bits per heavy atom. The van der Waals surface area contributed by atoms with Crippen LogP contribution in [-0.4, -0.2) is 53.9 Å². The summed E-state index contributed by atoms with van der Waals surface area (Å²) in [5.41, 5.74) is 3.12. The van der Waals surface area contributed by atoms with Gasteiger partial charge in [0.1, 0.15) is 9.88 Å². The van der Waals surface area contributed by atoms with Gasteiger partial charge in [-0.1, -0.05) is 36.8 Å². The third-order valence-electron chi connectivity index (χ3n) is 4.25. The molecule has 0 aliphatic heterocycles. The monoisotopic (exact) mass is 345 g/mol. The summed E-state index contributed by atoms with van der Waals surface area (Å²) in [6.45, 7) is 11.5. The van der Waals surface area contributed by atoms with Crippen LogP contribution in [-0.2, 0) is 0 Å². The number of hydrogen-bond donors (Lipinski definition) is 0. The second-order valence-corrected chi connectivity index (χ2v) is 7.08. The number of thiazole rings is 1. The van der Waals surface area contributed by atoms with Crippen LogP contribution in [0, 0.1) is 13.8 Å². The van der Waals surface area contributed by atoms with Crippen LogP contribution in [0.1, 0.15) is 34.8 Å². The van der Waals surface area contributed by atoms with Crippen molar-refractivity contribution in [2.24, 2.45) is 0 Å². The van der Waals surface area contributed by atoms with Crippen molar-refractivity contribution >= 4 is 17.2 Å². The highest BCUT2D eigenvalue weighted by molar-refractivity contribution is 7.17. The molecule has 0 atom stereocenters. The van der Waals surface area contributed by atoms with Gasteiger partial charge in [-0.2, -0.15) is 0 Å². The molecule has 4 nitrogen and oxygen atoms in total. The summed E-state index contributed by atoms with van der Waals surface area (Å²) < 4.78 is 0. The number of hydrogen-bond acceptors (Lipinski definition) is 4. The molecule has 0 radical (unpaired) electrons. The van der Waals surface area contributed by atoms with Gasteiger partial charge in [0.2, 0.25) is 0 Å². The normalized spacial score (nSPS) is 11.1. The highest BCUT2D eigenvalue weighted by Gasteiger charge is 2.21. The SMILES string of the molecule is CCN(C)CCN(CC)C(=O)c1sc(-c2ccc(C)cc2)nc1C. The van der Waals surface area contributed by atoms with Crippen LogP contribution in [0.2, 0.25) is 0 Å². The molecule has 2 rings (SSSR count). The number of benzene rings is 1. The fraction of sp³-hybridized carbons (Fsp3) is 0.474. The molecule has 0 aliphatic carbocycles. The average molecular weight is 346 g/mol. The van der Waals surface area contributed by atoms with Crippen LogP contribution in [0.25, 0.3) is 10.6 Å². The van der Waals surface area contributed by atoms with E-state index in [9.17, 15) is 4.79 Å². The lowest BCUT2D eigenvalue weighted by Gasteiger charge is -2.23. The highest BCUT2D eigenvalue weighted by Crippen LogP contribution is 2.29. The van der Waals surface area contributed by atoms with Gasteiger partial charge in [0, 0.05) is 25.2 Å². The number of carbonyl (C=O) groups is 1. The largest absolute Gasteiger partial charge is 0.337 e. The van der Waals surface area contributed by atoms with Crippen LogP contribution in [0.4, 0.5) is 0 Å². The maximum atomic E-state index is 12.9. The first-order chi connectivity index (χ1) is 11.5. The lowest BCUT2D eigenvalue weighted by Crippen LogP contribution is -2.37. The Hall–Kier alpha value is -1.72. The van der Waals surface area contributed by atoms with E-state index in [4.69, 9.17) is 0 Å². The molecule has 1 aromatic carbocycles. The Morgan fingerprint density at radius 2 is 1.75 bits per heavy atom. The molecule has 0 aliphatic rings. The predicted octanol–water partition coefficient (Wildman–Crippen LogP) is 3.84. The van der Waals surface area contributed by atoms with Gasteiger partial charge in [-0.3, -0.25) is 4.79 Å². The molecule has 1 heterocycles. The van der Waals surface area contributed by atoms with Crippen molar-refractivity contribution in [1.29, 1.82) is 0 Å². The molecule has 0 saturated heterocycles. The second-order valence-electron chi connectivity index (χ2n) is 6.08. The van der Waals surface area contributed by atoms with Crippen molar-refractivity contribution in [1.82, 2.24) is 14.8 Å². The van der Waals surface area contributed by atoms with Crippen LogP contribution >= 0.6 is 11.3 Å². The summed E-state index contributed by atoms with van der Waals surface area (Å²) in [6, 6.07) is 8.28. The van der Waals surface area contributed by atoms with E-state index in [1.165, 1.54) is 16.9 Å². The average Bonchev–Trinajstić information content (AvgIpc) is 2.97. The first-order valence-corrected chi connectivity index (χ1v) is 9.30. The van der Waals surface area contributed by atoms with Crippen LogP contribution in [0.5, 0.6) is 0 Å². The molecule has 24 heavy (non-hydrogen) atoms. The molecule has 0 N–H and O–H groups in total. The fourth-order valence-corrected chi connectivity index (χ4v) is 3.45. The maximum Gasteiger partial charge on any atom is 0.265 e. The van der Waals surface area contributed by atoms with Crippen LogP contribution < -0.4 is 0 Å². The molecule has 130 valence electrons. The topological polar surface area (TPSA) is 36.4 Å². The second kappa shape index (κ2) is 8.40. The summed E-state index contributed by atoms with van der Waals surface area (Å²) in [6.07, 6.45) is 0. The summed E-state index contributed by atoms with van der Waals surface area (Å²) in [4.78, 5) is 22.4. The Morgan fingerprint density at radius 3 is 2.33 bits per heavy atom. The van der Waals surface area contributed by atoms with E-state index in [2.05, 4.69) is 55.0 Å². The zero-order valence-electron chi connectivity index (χ0n) is 15.3. The minimum Gasteiger partial charge on any atom is -0.337 e. The molecular weight excluding hydrogens is 318 g/mol. The van der Waals surface area contributed by atoms with E-state index in [0.29, 0.717) is 6.54 Å². The van der Waals surface area contributed by atoms with Crippen molar-refractivity contribution < 1.29 is 4.79 Å². The van der Waals surface area contributed by atoms with Crippen molar-refractivity contribution in [3.8, 4) is 10.6 Å². The van der Waals surface area contributed by atoms with Crippen LogP contribution in [0.3, 0.4) is 0 Å². The van der Waals surface area contributed by atoms with E-state index in [1.807, 2.05) is 18.7 Å². The molecular formula is C19H27N3OS. The van der Waals surface area contributed by atoms with Crippen molar-refractivity contribution in [2.75, 3.05) is 33.2 Å². The molecule has 0 spiro atoms. The van der Waals surface area contributed by atoms with Gasteiger partial charge in [0.15, 0.2) is 0 Å². The standard InChI is InChI=1S/C19H27N3OS/c1-6-21(5)12-13-22(7-2)19(23)17-15(4)20-18(24-17)16-10-8-14(3)9-11-16/h8-11H,6-7,12-13H2,1-5H3. The Bertz CT molecular complexity index is 678. The molecule has 0 fully saturated rings. The Kier molecular flexibility index (Phi) is 6.52. The number of amides is 1. The van der Waals surface area contributed by atoms with Gasteiger partial charge < -0.3 is 9.80 Å². The van der Waals surface area contributed by atoms with E-state index in [0.717, 1.165) is 40.8 Å². The third kappa shape index (κ3) is 4.42. The van der Waals surface area contributed by atoms with E-state index >= 15 is 0 Å². The lowest BCUT2D eigenvalue weighted by molar-refractivity contribution is 0.0755. The van der Waals surface area contributed by atoms with Gasteiger partial charge in [-0.15, -0.1) is 11.3 Å². The van der Waals surface area contributed by atoms with Crippen LogP contribution in [0.15, 0.2) is 24.3 Å². The zero-order chi connectivity index (χ0) is 17.7. The zero-order valence-corrected chi connectivity index (χ0v) is 16.1. The lowest BCUT2D eigenvalue weighted by atomic mass is 10.2. The number of rotatable bonds is 7. The molecule has 0 saturated carbocycles. The van der Waals surface area contributed by atoms with Gasteiger partial charge in [0.05, 0.1) is 5.69 Å². The first-order valence-electron chi connectivity index (χ1n) is 8.48. The predicted molar refractivity (Wildman–Crippen MR) is 102 cm³/mol. The summed E-state index contributed by atoms with van der Waals surface area (Å²) in [5.74, 6) is 0.0929. The number of carbonyl (C=O) groups excluding carboxylic acids is 1. The number of nitrogens with zero attached hydrogens (tertiary/aromatic N) is 3. The Labute approximate surface area is 149 Å². The quantitative estimate of drug-likeness (QED) is 0.765. The minimum absolute atomic E-state index is 0.0929. The van der Waals surface area contributed by atoms with Gasteiger partial charge in [-0.25, -0.2) is 4.98 Å². The summed E-state index contributed by atoms with van der Waals surface area (Å²) in [5, 5.41) is 0.914. The molecule has 1 aromatic heterocycles. The van der Waals surface area contributed by atoms with E-state index in [1.54, 1.807) is 0 Å². The van der Waals surface area contributed by atoms with Gasteiger partial charge in [0.25, 0.3) is 5.91 Å². The highest BCUT2D eigenvalue weighted by atomic mass is 32.1. The van der Waals surface area contributed by atoms with Crippen molar-refractivity contribution in [2.45, 2.75) is 27.7 Å². The van der Waals surface area contributed by atoms with E-state index < -0.39 is 0 Å². The first kappa shape index (κ1) is 18.6. The summed E-state index contributed by atoms with van der Waals surface area (Å²) >= 11 is 1.49. The maximum absolute atomic E-state index is 12.9. The van der Waals surface area contributed by atoms with Crippen molar-refractivity contribution in [3.63, 3.8) is 0 Å². The summed E-state index contributed by atoms with van der Waals surface area (Å²) in [7, 11) is 2.08. The van der Waals surface area contributed by atoms with Gasteiger partial charge >= 0.3 is 0 Å². The molecule has 0 bridgehead atoms.